The van der Waals surface area contributed by atoms with Crippen LogP contribution in [0.4, 0.5) is 0 Å². The minimum atomic E-state index is -0.942. The van der Waals surface area contributed by atoms with Crippen LogP contribution in [0, 0.1) is 0 Å². The number of hydrogen-bond acceptors (Lipinski definition) is 3. The van der Waals surface area contributed by atoms with Crippen molar-refractivity contribution >= 4 is 29.7 Å². The molecule has 0 spiro atoms. The number of carbonyl (C=O) groups excluding carboxylic acids is 1. The first-order valence-electron chi connectivity index (χ1n) is 6.88. The smallest absolute Gasteiger partial charge is 0.327 e. The van der Waals surface area contributed by atoms with Crippen molar-refractivity contribution in [3.05, 3.63) is 41.5 Å². The molecule has 0 radical (unpaired) electrons. The predicted octanol–water partition coefficient (Wildman–Crippen LogP) is 2.81. The molecule has 0 saturated carbocycles. The van der Waals surface area contributed by atoms with Gasteiger partial charge in [0.1, 0.15) is 6.04 Å². The third kappa shape index (κ3) is 3.88. The molecule has 1 heterocycles. The number of rotatable bonds is 4. The molecule has 21 heavy (non-hydrogen) atoms. The fourth-order valence-corrected chi connectivity index (χ4v) is 3.27. The van der Waals surface area contributed by atoms with Crippen molar-refractivity contribution in [2.75, 3.05) is 11.6 Å². The van der Waals surface area contributed by atoms with Gasteiger partial charge in [0.15, 0.2) is 0 Å². The standard InChI is InChI=1S/C16H19NO3S/c1-11(2)13-6-3-12(4-7-13)5-8-15(18)17-10-21-9-14(17)16(19)20/h3-8,11,14H,9-10H2,1-2H3,(H,19,20)/b8-5+/t14-/m0/s1. The summed E-state index contributed by atoms with van der Waals surface area (Å²) >= 11 is 1.46. The van der Waals surface area contributed by atoms with Gasteiger partial charge in [-0.2, -0.15) is 0 Å². The van der Waals surface area contributed by atoms with E-state index in [2.05, 4.69) is 13.8 Å². The SMILES string of the molecule is CC(C)c1ccc(/C=C/C(=O)N2CSC[C@H]2C(=O)O)cc1. The molecule has 4 nitrogen and oxygen atoms in total. The normalized spacial score (nSPS) is 18.6. The van der Waals surface area contributed by atoms with E-state index in [1.165, 1.54) is 28.3 Å². The Kier molecular flexibility index (Phi) is 5.07. The lowest BCUT2D eigenvalue weighted by atomic mass is 10.0. The van der Waals surface area contributed by atoms with Gasteiger partial charge >= 0.3 is 5.97 Å². The third-order valence-electron chi connectivity index (χ3n) is 3.47. The maximum atomic E-state index is 12.1. The quantitative estimate of drug-likeness (QED) is 0.869. The van der Waals surface area contributed by atoms with E-state index < -0.39 is 12.0 Å². The van der Waals surface area contributed by atoms with Crippen molar-refractivity contribution in [2.24, 2.45) is 0 Å². The highest BCUT2D eigenvalue weighted by Gasteiger charge is 2.33. The van der Waals surface area contributed by atoms with Crippen LogP contribution in [-0.4, -0.2) is 39.6 Å². The molecular formula is C16H19NO3S. The number of hydrogen-bond donors (Lipinski definition) is 1. The fraction of sp³-hybridized carbons (Fsp3) is 0.375. The minimum absolute atomic E-state index is 0.250. The number of benzene rings is 1. The van der Waals surface area contributed by atoms with Crippen LogP contribution in [0.3, 0.4) is 0 Å². The number of nitrogens with zero attached hydrogens (tertiary/aromatic N) is 1. The zero-order valence-electron chi connectivity index (χ0n) is 12.2. The van der Waals surface area contributed by atoms with E-state index in [9.17, 15) is 9.59 Å². The first kappa shape index (κ1) is 15.6. The number of thioether (sulfide) groups is 1. The number of aliphatic carboxylic acids is 1. The van der Waals surface area contributed by atoms with Gasteiger partial charge in [-0.15, -0.1) is 11.8 Å². The Bertz CT molecular complexity index is 551. The number of carboxylic acids is 1. The molecule has 0 bridgehead atoms. The summed E-state index contributed by atoms with van der Waals surface area (Å²) < 4.78 is 0. The van der Waals surface area contributed by atoms with E-state index in [0.29, 0.717) is 17.5 Å². The summed E-state index contributed by atoms with van der Waals surface area (Å²) in [6, 6.07) is 7.30. The van der Waals surface area contributed by atoms with Gasteiger partial charge in [-0.25, -0.2) is 4.79 Å². The molecule has 1 aliphatic heterocycles. The van der Waals surface area contributed by atoms with Crippen molar-refractivity contribution in [2.45, 2.75) is 25.8 Å². The molecule has 5 heteroatoms. The molecular weight excluding hydrogens is 286 g/mol. The Morgan fingerprint density at radius 3 is 2.57 bits per heavy atom. The van der Waals surface area contributed by atoms with E-state index in [-0.39, 0.29) is 5.91 Å². The van der Waals surface area contributed by atoms with Crippen molar-refractivity contribution in [3.63, 3.8) is 0 Å². The first-order valence-corrected chi connectivity index (χ1v) is 8.03. The van der Waals surface area contributed by atoms with Crippen LogP contribution >= 0.6 is 11.8 Å². The average molecular weight is 305 g/mol. The molecule has 1 saturated heterocycles. The predicted molar refractivity (Wildman–Crippen MR) is 85.2 cm³/mol. The summed E-state index contributed by atoms with van der Waals surface area (Å²) in [5.74, 6) is 0.177. The zero-order chi connectivity index (χ0) is 15.4. The molecule has 0 unspecified atom stereocenters. The van der Waals surface area contributed by atoms with Gasteiger partial charge in [-0.05, 0) is 23.1 Å². The van der Waals surface area contributed by atoms with E-state index in [1.807, 2.05) is 24.3 Å². The highest BCUT2D eigenvalue weighted by atomic mass is 32.2. The summed E-state index contributed by atoms with van der Waals surface area (Å²) in [6.07, 6.45) is 3.18. The molecule has 1 aromatic carbocycles. The molecule has 1 fully saturated rings. The van der Waals surface area contributed by atoms with Gasteiger partial charge in [0, 0.05) is 11.8 Å². The van der Waals surface area contributed by atoms with Crippen LogP contribution in [-0.2, 0) is 9.59 Å². The Hall–Kier alpha value is -1.75. The van der Waals surface area contributed by atoms with Crippen LogP contribution in [0.2, 0.25) is 0 Å². The number of carboxylic acid groups (broad SMARTS) is 1. The molecule has 0 aromatic heterocycles. The molecule has 1 aliphatic rings. The zero-order valence-corrected chi connectivity index (χ0v) is 13.0. The average Bonchev–Trinajstić information content (AvgIpc) is 2.95. The van der Waals surface area contributed by atoms with Gasteiger partial charge in [0.05, 0.1) is 5.88 Å². The second-order valence-electron chi connectivity index (χ2n) is 5.32. The van der Waals surface area contributed by atoms with Crippen molar-refractivity contribution < 1.29 is 14.7 Å². The summed E-state index contributed by atoms with van der Waals surface area (Å²) in [7, 11) is 0. The van der Waals surface area contributed by atoms with Gasteiger partial charge in [-0.1, -0.05) is 38.1 Å². The Morgan fingerprint density at radius 1 is 1.33 bits per heavy atom. The fourth-order valence-electron chi connectivity index (χ4n) is 2.12. The van der Waals surface area contributed by atoms with Crippen LogP contribution in [0.15, 0.2) is 30.3 Å². The van der Waals surface area contributed by atoms with E-state index >= 15 is 0 Å². The summed E-state index contributed by atoms with van der Waals surface area (Å²) in [4.78, 5) is 24.5. The molecule has 1 amide bonds. The second kappa shape index (κ2) is 6.80. The Balaban J connectivity index is 2.03. The van der Waals surface area contributed by atoms with Gasteiger partial charge < -0.3 is 10.0 Å². The minimum Gasteiger partial charge on any atom is -0.480 e. The highest BCUT2D eigenvalue weighted by molar-refractivity contribution is 7.99. The number of carbonyl (C=O) groups is 2. The van der Waals surface area contributed by atoms with Crippen LogP contribution < -0.4 is 0 Å². The number of amides is 1. The first-order chi connectivity index (χ1) is 9.99. The third-order valence-corrected chi connectivity index (χ3v) is 4.48. The maximum Gasteiger partial charge on any atom is 0.327 e. The summed E-state index contributed by atoms with van der Waals surface area (Å²) in [6.45, 7) is 4.26. The molecule has 112 valence electrons. The van der Waals surface area contributed by atoms with E-state index in [4.69, 9.17) is 5.11 Å². The Labute approximate surface area is 128 Å². The second-order valence-corrected chi connectivity index (χ2v) is 6.32. The monoisotopic (exact) mass is 305 g/mol. The maximum absolute atomic E-state index is 12.1. The topological polar surface area (TPSA) is 57.6 Å². The van der Waals surface area contributed by atoms with E-state index in [1.54, 1.807) is 6.08 Å². The van der Waals surface area contributed by atoms with Crippen LogP contribution in [0.1, 0.15) is 30.9 Å². The Morgan fingerprint density at radius 2 is 2.00 bits per heavy atom. The van der Waals surface area contributed by atoms with Crippen LogP contribution in [0.5, 0.6) is 0 Å². The molecule has 1 aromatic rings. The summed E-state index contributed by atoms with van der Waals surface area (Å²) in [5.41, 5.74) is 2.19. The molecule has 2 rings (SSSR count). The molecule has 0 aliphatic carbocycles. The van der Waals surface area contributed by atoms with Crippen molar-refractivity contribution in [1.29, 1.82) is 0 Å². The van der Waals surface area contributed by atoms with E-state index in [0.717, 1.165) is 5.56 Å². The van der Waals surface area contributed by atoms with Gasteiger partial charge in [0.2, 0.25) is 5.91 Å². The van der Waals surface area contributed by atoms with Gasteiger partial charge in [-0.3, -0.25) is 4.79 Å². The lowest BCUT2D eigenvalue weighted by molar-refractivity contribution is -0.146. The van der Waals surface area contributed by atoms with Crippen molar-refractivity contribution in [3.8, 4) is 0 Å². The largest absolute Gasteiger partial charge is 0.480 e. The van der Waals surface area contributed by atoms with Gasteiger partial charge in [0.25, 0.3) is 0 Å². The molecule has 1 N–H and O–H groups in total. The lowest BCUT2D eigenvalue weighted by Gasteiger charge is -2.18. The summed E-state index contributed by atoms with van der Waals surface area (Å²) in [5, 5.41) is 9.07. The van der Waals surface area contributed by atoms with Crippen molar-refractivity contribution in [1.82, 2.24) is 4.90 Å². The molecule has 1 atom stereocenters. The highest BCUT2D eigenvalue weighted by Crippen LogP contribution is 2.21. The van der Waals surface area contributed by atoms with Crippen LogP contribution in [0.25, 0.3) is 6.08 Å². The lowest BCUT2D eigenvalue weighted by Crippen LogP contribution is -2.40.